The Hall–Kier alpha value is -1.88. The van der Waals surface area contributed by atoms with Crippen molar-refractivity contribution in [1.82, 2.24) is 0 Å². The Labute approximate surface area is 163 Å². The minimum atomic E-state index is -3.61. The molecule has 0 aliphatic carbocycles. The normalized spacial score (nSPS) is 11.2. The molecule has 0 saturated carbocycles. The van der Waals surface area contributed by atoms with Crippen LogP contribution >= 0.6 is 34.5 Å². The Morgan fingerprint density at radius 3 is 2.42 bits per heavy atom. The third kappa shape index (κ3) is 4.64. The number of amides is 1. The molecule has 1 aromatic heterocycles. The smallest absolute Gasteiger partial charge is 0.305 e. The first-order valence-corrected chi connectivity index (χ1v) is 10.4. The molecule has 0 unspecified atom stereocenters. The van der Waals surface area contributed by atoms with Crippen LogP contribution in [0, 0.1) is 10.1 Å². The molecule has 8 nitrogen and oxygen atoms in total. The molecule has 1 heterocycles. The van der Waals surface area contributed by atoms with Gasteiger partial charge in [0.15, 0.2) is 14.8 Å². The lowest BCUT2D eigenvalue weighted by Crippen LogP contribution is -2.30. The number of carbonyl (C=O) groups is 1. The van der Waals surface area contributed by atoms with E-state index in [4.69, 9.17) is 23.2 Å². The van der Waals surface area contributed by atoms with E-state index in [1.165, 1.54) is 11.9 Å². The van der Waals surface area contributed by atoms with Crippen LogP contribution in [0.1, 0.15) is 0 Å². The van der Waals surface area contributed by atoms with Crippen molar-refractivity contribution < 1.29 is 18.1 Å². The SMILES string of the molecule is CN(CC(=O)Nc1c(Cl)cccc1Cl)c1sc(S(C)(=O)=O)cc1[N+](=O)[O-]. The second-order valence-electron chi connectivity index (χ2n) is 5.29. The highest BCUT2D eigenvalue weighted by Crippen LogP contribution is 2.39. The Morgan fingerprint density at radius 2 is 1.92 bits per heavy atom. The summed E-state index contributed by atoms with van der Waals surface area (Å²) in [5.41, 5.74) is -0.159. The predicted molar refractivity (Wildman–Crippen MR) is 102 cm³/mol. The zero-order chi connectivity index (χ0) is 19.6. The van der Waals surface area contributed by atoms with Gasteiger partial charge >= 0.3 is 5.69 Å². The summed E-state index contributed by atoms with van der Waals surface area (Å²) in [5, 5.41) is 14.3. The van der Waals surface area contributed by atoms with Gasteiger partial charge in [0.2, 0.25) is 5.91 Å². The predicted octanol–water partition coefficient (Wildman–Crippen LogP) is 3.44. The maximum absolute atomic E-state index is 12.2. The average Bonchev–Trinajstić information content (AvgIpc) is 2.97. The maximum atomic E-state index is 12.2. The van der Waals surface area contributed by atoms with E-state index in [1.54, 1.807) is 18.2 Å². The van der Waals surface area contributed by atoms with E-state index in [-0.39, 0.29) is 37.2 Å². The molecule has 0 aliphatic rings. The van der Waals surface area contributed by atoms with E-state index < -0.39 is 20.7 Å². The molecule has 12 heteroatoms. The molecule has 1 aromatic carbocycles. The molecular formula is C14H13Cl2N3O5S2. The van der Waals surface area contributed by atoms with Crippen LogP contribution in [0.15, 0.2) is 28.5 Å². The van der Waals surface area contributed by atoms with E-state index >= 15 is 0 Å². The third-order valence-corrected chi connectivity index (χ3v) is 6.86. The number of hydrogen-bond acceptors (Lipinski definition) is 7. The number of halogens is 2. The van der Waals surface area contributed by atoms with Gasteiger partial charge in [0.1, 0.15) is 4.21 Å². The van der Waals surface area contributed by atoms with Gasteiger partial charge in [-0.2, -0.15) is 0 Å². The summed E-state index contributed by atoms with van der Waals surface area (Å²) in [6.45, 7) is -0.272. The number of nitro groups is 1. The summed E-state index contributed by atoms with van der Waals surface area (Å²) in [7, 11) is -2.16. The number of carbonyl (C=O) groups excluding carboxylic acids is 1. The van der Waals surface area contributed by atoms with Gasteiger partial charge in [-0.1, -0.05) is 40.6 Å². The molecule has 0 spiro atoms. The number of benzene rings is 1. The lowest BCUT2D eigenvalue weighted by Gasteiger charge is -2.17. The topological polar surface area (TPSA) is 110 Å². The van der Waals surface area contributed by atoms with E-state index in [9.17, 15) is 23.3 Å². The average molecular weight is 438 g/mol. The number of anilines is 2. The lowest BCUT2D eigenvalue weighted by molar-refractivity contribution is -0.383. The van der Waals surface area contributed by atoms with Crippen molar-refractivity contribution in [2.75, 3.05) is 30.1 Å². The molecule has 140 valence electrons. The Bertz CT molecular complexity index is 955. The first-order valence-electron chi connectivity index (χ1n) is 6.94. The number of rotatable bonds is 6. The van der Waals surface area contributed by atoms with Crippen molar-refractivity contribution in [3.8, 4) is 0 Å². The Morgan fingerprint density at radius 1 is 1.35 bits per heavy atom. The molecular weight excluding hydrogens is 425 g/mol. The van der Waals surface area contributed by atoms with Crippen molar-refractivity contribution >= 4 is 66.7 Å². The first kappa shape index (κ1) is 20.4. The Balaban J connectivity index is 2.24. The fourth-order valence-electron chi connectivity index (χ4n) is 2.02. The van der Waals surface area contributed by atoms with Crippen LogP contribution in [0.4, 0.5) is 16.4 Å². The van der Waals surface area contributed by atoms with Gasteiger partial charge in [0.05, 0.1) is 27.2 Å². The maximum Gasteiger partial charge on any atom is 0.305 e. The summed E-state index contributed by atoms with van der Waals surface area (Å²) in [6.07, 6.45) is 0.957. The summed E-state index contributed by atoms with van der Waals surface area (Å²) in [6, 6.07) is 5.70. The van der Waals surface area contributed by atoms with Crippen LogP contribution in [-0.4, -0.2) is 39.1 Å². The molecule has 0 bridgehead atoms. The van der Waals surface area contributed by atoms with Crippen LogP contribution in [0.2, 0.25) is 10.0 Å². The fourth-order valence-corrected chi connectivity index (χ4v) is 4.50. The zero-order valence-electron chi connectivity index (χ0n) is 13.5. The van der Waals surface area contributed by atoms with Gasteiger partial charge in [-0.05, 0) is 12.1 Å². The van der Waals surface area contributed by atoms with Gasteiger partial charge in [0.25, 0.3) is 0 Å². The van der Waals surface area contributed by atoms with Crippen LogP contribution < -0.4 is 10.2 Å². The van der Waals surface area contributed by atoms with Gasteiger partial charge in [-0.3, -0.25) is 14.9 Å². The monoisotopic (exact) mass is 437 g/mol. The van der Waals surface area contributed by atoms with Gasteiger partial charge in [0, 0.05) is 19.4 Å². The number of thiophene rings is 1. The summed E-state index contributed by atoms with van der Waals surface area (Å²) in [5.74, 6) is -0.522. The molecule has 2 rings (SSSR count). The summed E-state index contributed by atoms with van der Waals surface area (Å²) < 4.78 is 23.1. The van der Waals surface area contributed by atoms with E-state index in [0.717, 1.165) is 23.7 Å². The third-order valence-electron chi connectivity index (χ3n) is 3.19. The quantitative estimate of drug-likeness (QED) is 0.547. The van der Waals surface area contributed by atoms with E-state index in [0.29, 0.717) is 0 Å². The molecule has 26 heavy (non-hydrogen) atoms. The van der Waals surface area contributed by atoms with Gasteiger partial charge in [-0.25, -0.2) is 8.42 Å². The summed E-state index contributed by atoms with van der Waals surface area (Å²) >= 11 is 12.7. The molecule has 0 atom stereocenters. The van der Waals surface area contributed by atoms with Crippen LogP contribution in [0.25, 0.3) is 0 Å². The van der Waals surface area contributed by atoms with Crippen LogP contribution in [0.3, 0.4) is 0 Å². The fraction of sp³-hybridized carbons (Fsp3) is 0.214. The highest BCUT2D eigenvalue weighted by Gasteiger charge is 2.27. The highest BCUT2D eigenvalue weighted by atomic mass is 35.5. The number of para-hydroxylation sites is 1. The second kappa shape index (κ2) is 7.78. The van der Waals surface area contributed by atoms with Crippen molar-refractivity contribution in [3.63, 3.8) is 0 Å². The number of nitrogens with zero attached hydrogens (tertiary/aromatic N) is 2. The van der Waals surface area contributed by atoms with Crippen molar-refractivity contribution in [2.45, 2.75) is 4.21 Å². The van der Waals surface area contributed by atoms with Crippen LogP contribution in [0.5, 0.6) is 0 Å². The van der Waals surface area contributed by atoms with Crippen molar-refractivity contribution in [3.05, 3.63) is 44.4 Å². The minimum Gasteiger partial charge on any atom is -0.352 e. The van der Waals surface area contributed by atoms with Crippen LogP contribution in [-0.2, 0) is 14.6 Å². The molecule has 0 saturated heterocycles. The van der Waals surface area contributed by atoms with E-state index in [1.807, 2.05) is 0 Å². The van der Waals surface area contributed by atoms with E-state index in [2.05, 4.69) is 5.32 Å². The van der Waals surface area contributed by atoms with Gasteiger partial charge < -0.3 is 10.2 Å². The number of hydrogen-bond donors (Lipinski definition) is 1. The molecule has 0 aliphatic heterocycles. The Kier molecular flexibility index (Phi) is 6.12. The van der Waals surface area contributed by atoms with Gasteiger partial charge in [-0.15, -0.1) is 0 Å². The highest BCUT2D eigenvalue weighted by molar-refractivity contribution is 7.92. The molecule has 2 aromatic rings. The summed E-state index contributed by atoms with van der Waals surface area (Å²) in [4.78, 5) is 24.0. The number of nitrogens with one attached hydrogen (secondary N) is 1. The molecule has 0 fully saturated rings. The minimum absolute atomic E-state index is 0.0517. The van der Waals surface area contributed by atoms with Crippen molar-refractivity contribution in [2.24, 2.45) is 0 Å². The first-order chi connectivity index (χ1) is 12.0. The molecule has 1 amide bonds. The molecule has 1 N–H and O–H groups in total. The number of likely N-dealkylation sites (N-methyl/N-ethyl adjacent to an activating group) is 1. The second-order valence-corrected chi connectivity index (χ2v) is 9.37. The standard InChI is InChI=1S/C14H13Cl2N3O5S2/c1-18(7-11(20)17-13-8(15)4-3-5-9(13)16)14-10(19(21)22)6-12(25-14)26(2,23)24/h3-6H,7H2,1-2H3,(H,17,20). The largest absolute Gasteiger partial charge is 0.352 e. The molecule has 0 radical (unpaired) electrons. The lowest BCUT2D eigenvalue weighted by atomic mass is 10.3. The number of sulfone groups is 1. The zero-order valence-corrected chi connectivity index (χ0v) is 16.7. The van der Waals surface area contributed by atoms with Crippen molar-refractivity contribution in [1.29, 1.82) is 0 Å².